The molecule has 0 radical (unpaired) electrons. The van der Waals surface area contributed by atoms with Crippen LogP contribution in [0.3, 0.4) is 0 Å². The first-order chi connectivity index (χ1) is 10.6. The number of carboxylic acids is 2. The van der Waals surface area contributed by atoms with Crippen molar-refractivity contribution in [2.45, 2.75) is 89.9 Å². The minimum absolute atomic E-state index is 0. The number of hydrogen-bond donors (Lipinski definition) is 0. The molecule has 2 aliphatic rings. The summed E-state index contributed by atoms with van der Waals surface area (Å²) in [6, 6.07) is 0. The number of carboxylic acid groups (broad SMARTS) is 2. The molecule has 0 bridgehead atoms. The van der Waals surface area contributed by atoms with Crippen LogP contribution in [0, 0.1) is 11.8 Å². The number of carbonyl (C=O) groups is 2. The van der Waals surface area contributed by atoms with Crippen molar-refractivity contribution in [1.82, 2.24) is 0 Å². The molecule has 2 saturated carbocycles. The van der Waals surface area contributed by atoms with E-state index in [9.17, 15) is 19.8 Å². The van der Waals surface area contributed by atoms with Crippen molar-refractivity contribution in [2.24, 2.45) is 11.8 Å². The van der Waals surface area contributed by atoms with E-state index in [4.69, 9.17) is 0 Å². The summed E-state index contributed by atoms with van der Waals surface area (Å²) in [6.45, 7) is 0. The maximum atomic E-state index is 10.5. The first-order valence-electron chi connectivity index (χ1n) is 9.03. The van der Waals surface area contributed by atoms with E-state index >= 15 is 0 Å². The SMILES string of the molecule is O=C([O-])C1CCCCCCC1.O=C([O-])C1CCCCCCC1.[Cd+2]. The number of carbonyl (C=O) groups excluding carboxylic acids is 2. The van der Waals surface area contributed by atoms with E-state index in [1.165, 1.54) is 38.5 Å². The summed E-state index contributed by atoms with van der Waals surface area (Å²) in [5, 5.41) is 21.0. The van der Waals surface area contributed by atoms with Crippen LogP contribution in [-0.2, 0) is 36.9 Å². The smallest absolute Gasteiger partial charge is 0.550 e. The van der Waals surface area contributed by atoms with Crippen molar-refractivity contribution >= 4 is 11.9 Å². The Morgan fingerprint density at radius 3 is 0.957 bits per heavy atom. The molecule has 2 fully saturated rings. The largest absolute Gasteiger partial charge is 2.00 e. The maximum Gasteiger partial charge on any atom is 2.00 e. The molecule has 4 nitrogen and oxygen atoms in total. The van der Waals surface area contributed by atoms with Crippen LogP contribution in [-0.4, -0.2) is 11.9 Å². The minimum atomic E-state index is -0.841. The predicted octanol–water partition coefficient (Wildman–Crippen LogP) is 2.19. The topological polar surface area (TPSA) is 80.3 Å². The van der Waals surface area contributed by atoms with E-state index in [1.54, 1.807) is 0 Å². The number of rotatable bonds is 2. The van der Waals surface area contributed by atoms with Gasteiger partial charge in [-0.3, -0.25) is 0 Å². The first-order valence-corrected chi connectivity index (χ1v) is 9.03. The summed E-state index contributed by atoms with van der Waals surface area (Å²) in [5.74, 6) is -2.00. The van der Waals surface area contributed by atoms with Gasteiger partial charge in [0.05, 0.1) is 0 Å². The molecule has 0 aromatic carbocycles. The molecule has 5 heteroatoms. The quantitative estimate of drug-likeness (QED) is 0.639. The summed E-state index contributed by atoms with van der Waals surface area (Å²) in [5.41, 5.74) is 0. The summed E-state index contributed by atoms with van der Waals surface area (Å²) in [4.78, 5) is 21.0. The van der Waals surface area contributed by atoms with E-state index in [2.05, 4.69) is 0 Å². The van der Waals surface area contributed by atoms with Crippen LogP contribution in [0.1, 0.15) is 89.9 Å². The van der Waals surface area contributed by atoms with Gasteiger partial charge in [-0.15, -0.1) is 0 Å². The van der Waals surface area contributed by atoms with Crippen molar-refractivity contribution < 1.29 is 47.1 Å². The van der Waals surface area contributed by atoms with Gasteiger partial charge in [0, 0.05) is 11.9 Å². The van der Waals surface area contributed by atoms with Crippen LogP contribution in [0.25, 0.3) is 0 Å². The van der Waals surface area contributed by atoms with E-state index in [-0.39, 0.29) is 39.1 Å². The first kappa shape index (κ1) is 22.9. The van der Waals surface area contributed by atoms with Crippen LogP contribution >= 0.6 is 0 Å². The Kier molecular flexibility index (Phi) is 14.1. The predicted molar refractivity (Wildman–Crippen MR) is 81.6 cm³/mol. The van der Waals surface area contributed by atoms with Crippen LogP contribution in [0.15, 0.2) is 0 Å². The molecule has 0 amide bonds. The van der Waals surface area contributed by atoms with Crippen LogP contribution in [0.4, 0.5) is 0 Å². The van der Waals surface area contributed by atoms with Crippen LogP contribution < -0.4 is 10.2 Å². The van der Waals surface area contributed by atoms with Gasteiger partial charge in [0.15, 0.2) is 0 Å². The number of hydrogen-bond acceptors (Lipinski definition) is 4. The molecule has 0 spiro atoms. The second-order valence-corrected chi connectivity index (χ2v) is 6.72. The van der Waals surface area contributed by atoms with E-state index in [1.807, 2.05) is 0 Å². The Hall–Kier alpha value is -0.138. The Bertz CT molecular complexity index is 285. The minimum Gasteiger partial charge on any atom is -0.550 e. The van der Waals surface area contributed by atoms with Gasteiger partial charge in [0.2, 0.25) is 0 Å². The van der Waals surface area contributed by atoms with Crippen LogP contribution in [0.5, 0.6) is 0 Å². The van der Waals surface area contributed by atoms with Gasteiger partial charge in [0.1, 0.15) is 0 Å². The summed E-state index contributed by atoms with van der Waals surface area (Å²) >= 11 is 0. The van der Waals surface area contributed by atoms with Gasteiger partial charge in [-0.25, -0.2) is 0 Å². The van der Waals surface area contributed by atoms with Crippen molar-refractivity contribution in [2.75, 3.05) is 0 Å². The number of aliphatic carboxylic acids is 2. The summed E-state index contributed by atoms with van der Waals surface area (Å²) in [6.07, 6.45) is 15.0. The zero-order valence-corrected chi connectivity index (χ0v) is 18.4. The van der Waals surface area contributed by atoms with E-state index < -0.39 is 11.9 Å². The van der Waals surface area contributed by atoms with Gasteiger partial charge in [-0.1, -0.05) is 64.2 Å². The molecule has 23 heavy (non-hydrogen) atoms. The van der Waals surface area contributed by atoms with Crippen LogP contribution in [0.2, 0.25) is 0 Å². The third-order valence-electron chi connectivity index (χ3n) is 4.88. The van der Waals surface area contributed by atoms with Gasteiger partial charge in [0.25, 0.3) is 0 Å². The van der Waals surface area contributed by atoms with E-state index in [0.29, 0.717) is 0 Å². The molecular weight excluding hydrogens is 393 g/mol. The fourth-order valence-corrected chi connectivity index (χ4v) is 3.38. The Balaban J connectivity index is 0.000000403. The van der Waals surface area contributed by atoms with Gasteiger partial charge in [-0.2, -0.15) is 0 Å². The third-order valence-corrected chi connectivity index (χ3v) is 4.88. The summed E-state index contributed by atoms with van der Waals surface area (Å²) < 4.78 is 0. The molecule has 0 saturated heterocycles. The average Bonchev–Trinajstić information content (AvgIpc) is 2.37. The Labute approximate surface area is 160 Å². The molecular formula is C18H30CdO4. The van der Waals surface area contributed by atoms with E-state index in [0.717, 1.165) is 51.4 Å². The molecule has 0 aliphatic heterocycles. The van der Waals surface area contributed by atoms with Crippen molar-refractivity contribution in [3.05, 3.63) is 0 Å². The molecule has 0 aromatic heterocycles. The Morgan fingerprint density at radius 1 is 0.522 bits per heavy atom. The monoisotopic (exact) mass is 424 g/mol. The molecule has 0 heterocycles. The fourth-order valence-electron chi connectivity index (χ4n) is 3.38. The average molecular weight is 423 g/mol. The Morgan fingerprint density at radius 2 is 0.739 bits per heavy atom. The molecule has 0 atom stereocenters. The normalized spacial score (nSPS) is 21.2. The molecule has 0 aromatic rings. The van der Waals surface area contributed by atoms with Gasteiger partial charge >= 0.3 is 27.3 Å². The summed E-state index contributed by atoms with van der Waals surface area (Å²) in [7, 11) is 0. The molecule has 2 rings (SSSR count). The molecule has 0 N–H and O–H groups in total. The van der Waals surface area contributed by atoms with Crippen molar-refractivity contribution in [3.8, 4) is 0 Å². The standard InChI is InChI=1S/2C9H16O2.Cd/c2*10-9(11)8-6-4-2-1-3-5-7-8;/h2*8H,1-7H2,(H,10,11);/q;;+2/p-2. The zero-order valence-electron chi connectivity index (χ0n) is 14.4. The zero-order chi connectivity index (χ0) is 16.2. The third kappa shape index (κ3) is 11.1. The molecule has 2 aliphatic carbocycles. The second-order valence-electron chi connectivity index (χ2n) is 6.72. The maximum absolute atomic E-state index is 10.5. The van der Waals surface area contributed by atoms with Crippen molar-refractivity contribution in [1.29, 1.82) is 0 Å². The van der Waals surface area contributed by atoms with Gasteiger partial charge < -0.3 is 19.8 Å². The molecule has 128 valence electrons. The molecule has 0 unspecified atom stereocenters. The second kappa shape index (κ2) is 14.2. The van der Waals surface area contributed by atoms with Crippen molar-refractivity contribution in [3.63, 3.8) is 0 Å². The van der Waals surface area contributed by atoms with Gasteiger partial charge in [-0.05, 0) is 37.5 Å². The fraction of sp³-hybridized carbons (Fsp3) is 0.889.